The molecule has 0 radical (unpaired) electrons. The first-order valence-corrected chi connectivity index (χ1v) is 11.2. The Labute approximate surface area is 201 Å². The number of anilines is 1. The molecule has 188 valence electrons. The number of carbonyl (C=O) groups is 2. The summed E-state index contributed by atoms with van der Waals surface area (Å²) in [6.45, 7) is -0.220. The number of nitrogens with one attached hydrogen (secondary N) is 3. The predicted octanol–water partition coefficient (Wildman–Crippen LogP) is 2.76. The third kappa shape index (κ3) is 3.88. The molecule has 8 nitrogen and oxygen atoms in total. The average molecular weight is 517 g/mol. The number of aliphatic hydroxyl groups excluding tert-OH is 1. The lowest BCUT2D eigenvalue weighted by Crippen LogP contribution is -2.48. The monoisotopic (exact) mass is 516 g/mol. The number of alkyl halides is 3. The van der Waals surface area contributed by atoms with Gasteiger partial charge in [0, 0.05) is 16.5 Å². The van der Waals surface area contributed by atoms with Crippen molar-refractivity contribution in [3.05, 3.63) is 52.1 Å². The Morgan fingerprint density at radius 2 is 2.06 bits per heavy atom. The predicted molar refractivity (Wildman–Crippen MR) is 115 cm³/mol. The highest BCUT2D eigenvalue weighted by Crippen LogP contribution is 2.57. The molecular formula is C22H21ClF4N4O4. The summed E-state index contributed by atoms with van der Waals surface area (Å²) in [4.78, 5) is 25.7. The molecule has 2 amide bonds. The number of aromatic nitrogens is 1. The van der Waals surface area contributed by atoms with Gasteiger partial charge in [0.05, 0.1) is 23.1 Å². The molecule has 1 aromatic heterocycles. The molecule has 2 aromatic rings. The van der Waals surface area contributed by atoms with Crippen LogP contribution < -0.4 is 16.0 Å². The maximum absolute atomic E-state index is 14.1. The standard InChI is InChI=1S/C22H21ClF4N4O4/c1-28-19(33)14-5-13(29-20(34)21-6-9(7-21)18(35-21)22(25,26)27)17-16(30-15(32)8-31(14)17)11-4-10(24)2-3-12(11)23/h2-5,9,16,18-19,28,33H,6-8H2,1H3,(H,29,34)(H,30,32). The topological polar surface area (TPSA) is 105 Å². The van der Waals surface area contributed by atoms with E-state index in [-0.39, 0.29) is 47.0 Å². The molecule has 4 N–H and O–H groups in total. The van der Waals surface area contributed by atoms with Crippen LogP contribution in [0.5, 0.6) is 0 Å². The second kappa shape index (κ2) is 8.19. The van der Waals surface area contributed by atoms with Crippen LogP contribution in [0.2, 0.25) is 5.02 Å². The first kappa shape index (κ1) is 24.0. The van der Waals surface area contributed by atoms with E-state index < -0.39 is 53.7 Å². The summed E-state index contributed by atoms with van der Waals surface area (Å²) in [6.07, 6.45) is -7.96. The van der Waals surface area contributed by atoms with Crippen LogP contribution in [-0.2, 0) is 20.9 Å². The molecule has 35 heavy (non-hydrogen) atoms. The SMILES string of the molecule is CNC(O)c1cc(NC(=O)C23CC(C2)C(C(F)(F)F)O3)c2n1CC(=O)NC2c1cc(F)ccc1Cl. The Morgan fingerprint density at radius 1 is 1.34 bits per heavy atom. The largest absolute Gasteiger partial charge is 0.414 e. The van der Waals surface area contributed by atoms with Gasteiger partial charge in [-0.2, -0.15) is 13.2 Å². The summed E-state index contributed by atoms with van der Waals surface area (Å²) in [5, 5.41) is 18.6. The third-order valence-electron chi connectivity index (χ3n) is 6.82. The smallest absolute Gasteiger partial charge is 0.373 e. The van der Waals surface area contributed by atoms with Gasteiger partial charge in [-0.05, 0) is 44.2 Å². The highest BCUT2D eigenvalue weighted by Gasteiger charge is 2.68. The molecule has 1 aromatic carbocycles. The lowest BCUT2D eigenvalue weighted by molar-refractivity contribution is -0.215. The Bertz CT molecular complexity index is 1210. The zero-order valence-electron chi connectivity index (χ0n) is 18.2. The molecule has 2 saturated heterocycles. The average Bonchev–Trinajstić information content (AvgIpc) is 3.45. The molecule has 3 atom stereocenters. The Balaban J connectivity index is 1.55. The lowest BCUT2D eigenvalue weighted by Gasteiger charge is -2.34. The van der Waals surface area contributed by atoms with Crippen molar-refractivity contribution in [3.63, 3.8) is 0 Å². The van der Waals surface area contributed by atoms with Gasteiger partial charge in [-0.1, -0.05) is 11.6 Å². The van der Waals surface area contributed by atoms with E-state index in [4.69, 9.17) is 16.3 Å². The number of hydrogen-bond donors (Lipinski definition) is 4. The molecule has 0 spiro atoms. The second-order valence-electron chi connectivity index (χ2n) is 9.01. The summed E-state index contributed by atoms with van der Waals surface area (Å²) in [7, 11) is 1.48. The molecular weight excluding hydrogens is 496 g/mol. The summed E-state index contributed by atoms with van der Waals surface area (Å²) < 4.78 is 60.3. The molecule has 1 aliphatic carbocycles. The van der Waals surface area contributed by atoms with Gasteiger partial charge in [-0.25, -0.2) is 4.39 Å². The van der Waals surface area contributed by atoms with Crippen LogP contribution in [0.15, 0.2) is 24.3 Å². The van der Waals surface area contributed by atoms with Crippen LogP contribution in [0, 0.1) is 11.7 Å². The highest BCUT2D eigenvalue weighted by atomic mass is 35.5. The number of carbonyl (C=O) groups excluding carboxylic acids is 2. The fourth-order valence-corrected chi connectivity index (χ4v) is 5.40. The Morgan fingerprint density at radius 3 is 2.69 bits per heavy atom. The molecule has 13 heteroatoms. The minimum atomic E-state index is -4.58. The zero-order chi connectivity index (χ0) is 25.3. The molecule has 4 aliphatic rings. The Kier molecular flexibility index (Phi) is 5.62. The van der Waals surface area contributed by atoms with Gasteiger partial charge >= 0.3 is 6.18 Å². The van der Waals surface area contributed by atoms with Gasteiger partial charge in [-0.15, -0.1) is 0 Å². The first-order chi connectivity index (χ1) is 16.4. The summed E-state index contributed by atoms with van der Waals surface area (Å²) >= 11 is 6.29. The van der Waals surface area contributed by atoms with E-state index in [0.717, 1.165) is 12.1 Å². The maximum Gasteiger partial charge on any atom is 0.414 e. The van der Waals surface area contributed by atoms with Crippen molar-refractivity contribution >= 4 is 29.1 Å². The number of rotatable bonds is 5. The molecule has 3 fully saturated rings. The fraction of sp³-hybridized carbons (Fsp3) is 0.455. The normalized spacial score (nSPS) is 28.2. The number of nitrogens with zero attached hydrogens (tertiary/aromatic N) is 1. The van der Waals surface area contributed by atoms with Crippen LogP contribution in [0.4, 0.5) is 23.2 Å². The minimum absolute atomic E-state index is 0.0685. The van der Waals surface area contributed by atoms with Gasteiger partial charge in [-0.3, -0.25) is 14.9 Å². The van der Waals surface area contributed by atoms with Crippen LogP contribution in [0.3, 0.4) is 0 Å². The van der Waals surface area contributed by atoms with E-state index in [9.17, 15) is 32.3 Å². The summed E-state index contributed by atoms with van der Waals surface area (Å²) in [6, 6.07) is 4.01. The molecule has 1 saturated carbocycles. The lowest BCUT2D eigenvalue weighted by atomic mass is 9.72. The number of aliphatic hydroxyl groups is 1. The quantitative estimate of drug-likeness (QED) is 0.361. The molecule has 2 bridgehead atoms. The van der Waals surface area contributed by atoms with E-state index in [2.05, 4.69) is 16.0 Å². The van der Waals surface area contributed by atoms with Crippen LogP contribution >= 0.6 is 11.6 Å². The number of ether oxygens (including phenoxy) is 1. The molecule has 6 rings (SSSR count). The van der Waals surface area contributed by atoms with E-state index >= 15 is 0 Å². The van der Waals surface area contributed by atoms with E-state index in [1.165, 1.54) is 23.7 Å². The van der Waals surface area contributed by atoms with E-state index in [1.54, 1.807) is 0 Å². The number of hydrogen-bond acceptors (Lipinski definition) is 5. The molecule has 4 heterocycles. The number of fused-ring (bicyclic) bond motifs is 2. The van der Waals surface area contributed by atoms with Crippen molar-refractivity contribution in [1.82, 2.24) is 15.2 Å². The van der Waals surface area contributed by atoms with Crippen LogP contribution in [0.1, 0.15) is 42.1 Å². The van der Waals surface area contributed by atoms with Crippen molar-refractivity contribution in [2.45, 2.75) is 49.5 Å². The number of amides is 2. The van der Waals surface area contributed by atoms with Gasteiger partial charge < -0.3 is 25.0 Å². The van der Waals surface area contributed by atoms with Crippen molar-refractivity contribution in [1.29, 1.82) is 0 Å². The molecule has 3 aliphatic heterocycles. The number of benzene rings is 1. The Hall–Kier alpha value is -2.67. The first-order valence-electron chi connectivity index (χ1n) is 10.8. The van der Waals surface area contributed by atoms with Crippen LogP contribution in [-0.4, -0.2) is 46.4 Å². The summed E-state index contributed by atoms with van der Waals surface area (Å²) in [5.41, 5.74) is -0.787. The van der Waals surface area contributed by atoms with Crippen molar-refractivity contribution < 1.29 is 37.0 Å². The maximum atomic E-state index is 14.1. The molecule has 3 unspecified atom stereocenters. The second-order valence-corrected chi connectivity index (χ2v) is 9.42. The van der Waals surface area contributed by atoms with Crippen molar-refractivity contribution in [2.24, 2.45) is 5.92 Å². The fourth-order valence-electron chi connectivity index (χ4n) is 5.17. The summed E-state index contributed by atoms with van der Waals surface area (Å²) in [5.74, 6) is -2.61. The van der Waals surface area contributed by atoms with E-state index in [1.807, 2.05) is 0 Å². The van der Waals surface area contributed by atoms with Crippen LogP contribution in [0.25, 0.3) is 0 Å². The zero-order valence-corrected chi connectivity index (χ0v) is 19.0. The van der Waals surface area contributed by atoms with E-state index in [0.29, 0.717) is 0 Å². The minimum Gasteiger partial charge on any atom is -0.373 e. The van der Waals surface area contributed by atoms with Gasteiger partial charge in [0.1, 0.15) is 24.2 Å². The third-order valence-corrected chi connectivity index (χ3v) is 7.17. The van der Waals surface area contributed by atoms with Gasteiger partial charge in [0.25, 0.3) is 5.91 Å². The number of halogens is 5. The van der Waals surface area contributed by atoms with Gasteiger partial charge in [0.15, 0.2) is 6.10 Å². The van der Waals surface area contributed by atoms with Crippen molar-refractivity contribution in [2.75, 3.05) is 12.4 Å². The van der Waals surface area contributed by atoms with Crippen molar-refractivity contribution in [3.8, 4) is 0 Å². The van der Waals surface area contributed by atoms with Gasteiger partial charge in [0.2, 0.25) is 5.91 Å². The highest BCUT2D eigenvalue weighted by molar-refractivity contribution is 6.31.